The molecule has 6 nitrogen and oxygen atoms in total. The number of amides is 1. The van der Waals surface area contributed by atoms with Gasteiger partial charge in [0.25, 0.3) is 5.91 Å². The molecule has 1 aromatic heterocycles. The number of carbonyl (C=O) groups excluding carboxylic acids is 1. The Hall–Kier alpha value is -3.75. The van der Waals surface area contributed by atoms with Gasteiger partial charge >= 0.3 is 0 Å². The minimum atomic E-state index is -0.380. The molecule has 1 heterocycles. The highest BCUT2D eigenvalue weighted by Gasteiger charge is 2.19. The summed E-state index contributed by atoms with van der Waals surface area (Å²) < 4.78 is 12.1. The number of thiocarbonyl (C=S) groups is 1. The number of ether oxygens (including phenoxy) is 1. The summed E-state index contributed by atoms with van der Waals surface area (Å²) in [6.45, 7) is 2.02. The summed E-state index contributed by atoms with van der Waals surface area (Å²) in [7, 11) is 1.53. The molecule has 0 bridgehead atoms. The summed E-state index contributed by atoms with van der Waals surface area (Å²) in [5, 5.41) is 7.80. The molecule has 0 aliphatic rings. The molecule has 0 radical (unpaired) electrons. The number of aromatic nitrogens is 1. The van der Waals surface area contributed by atoms with E-state index < -0.39 is 0 Å². The van der Waals surface area contributed by atoms with Crippen LogP contribution in [0.3, 0.4) is 0 Å². The Morgan fingerprint density at radius 3 is 2.69 bits per heavy atom. The van der Waals surface area contributed by atoms with Crippen molar-refractivity contribution >= 4 is 66.7 Å². The normalized spacial score (nSPS) is 10.9. The highest BCUT2D eigenvalue weighted by atomic mass is 79.9. The van der Waals surface area contributed by atoms with Gasteiger partial charge in [-0.25, -0.2) is 4.98 Å². The maximum Gasteiger partial charge on any atom is 0.261 e. The predicted octanol–water partition coefficient (Wildman–Crippen LogP) is 6.85. The third-order valence-electron chi connectivity index (χ3n) is 5.53. The van der Waals surface area contributed by atoms with Crippen molar-refractivity contribution in [1.29, 1.82) is 0 Å². The number of nitrogens with zero attached hydrogens (tertiary/aromatic N) is 1. The molecule has 0 saturated heterocycles. The van der Waals surface area contributed by atoms with Gasteiger partial charge in [-0.05, 0) is 82.2 Å². The number of anilines is 1. The average Bonchev–Trinajstić information content (AvgIpc) is 3.27. The Labute approximate surface area is 215 Å². The van der Waals surface area contributed by atoms with Crippen molar-refractivity contribution in [2.75, 3.05) is 12.4 Å². The van der Waals surface area contributed by atoms with Crippen LogP contribution in [0, 0.1) is 6.92 Å². The molecule has 0 atom stereocenters. The van der Waals surface area contributed by atoms with Crippen molar-refractivity contribution < 1.29 is 13.9 Å². The van der Waals surface area contributed by atoms with Crippen molar-refractivity contribution in [3.8, 4) is 17.2 Å². The molecule has 0 fully saturated rings. The van der Waals surface area contributed by atoms with E-state index in [0.29, 0.717) is 38.5 Å². The molecule has 2 N–H and O–H groups in total. The SMILES string of the molecule is COc1c(C(=O)NC(=S)Nc2ccc3oc(-c4cccc(C)c4)nc3c2)cc2ccccc2c1Br. The van der Waals surface area contributed by atoms with Crippen molar-refractivity contribution in [1.82, 2.24) is 10.3 Å². The highest BCUT2D eigenvalue weighted by Crippen LogP contribution is 2.36. The van der Waals surface area contributed by atoms with Crippen LogP contribution in [-0.4, -0.2) is 23.1 Å². The number of fused-ring (bicyclic) bond motifs is 2. The number of aryl methyl sites for hydroxylation is 1. The zero-order valence-electron chi connectivity index (χ0n) is 18.9. The maximum absolute atomic E-state index is 13.1. The number of hydrogen-bond donors (Lipinski definition) is 2. The lowest BCUT2D eigenvalue weighted by atomic mass is 10.1. The Morgan fingerprint density at radius 1 is 1.06 bits per heavy atom. The number of benzene rings is 4. The van der Waals surface area contributed by atoms with E-state index in [2.05, 4.69) is 31.5 Å². The molecular weight excluding hydrogens is 526 g/mol. The molecule has 0 spiro atoms. The second-order valence-electron chi connectivity index (χ2n) is 7.97. The van der Waals surface area contributed by atoms with Crippen LogP contribution >= 0.6 is 28.1 Å². The molecule has 5 rings (SSSR count). The van der Waals surface area contributed by atoms with E-state index in [1.54, 1.807) is 6.07 Å². The fourth-order valence-electron chi connectivity index (χ4n) is 3.89. The van der Waals surface area contributed by atoms with Gasteiger partial charge in [-0.3, -0.25) is 10.1 Å². The molecule has 8 heteroatoms. The quantitative estimate of drug-likeness (QED) is 0.240. The molecule has 35 heavy (non-hydrogen) atoms. The standard InChI is InChI=1S/C27H20BrN3O3S/c1-15-6-5-8-17(12-15)26-30-21-14-18(10-11-22(21)34-26)29-27(35)31-25(32)20-13-16-7-3-4-9-19(16)23(28)24(20)33-2/h3-14H,1-2H3,(H2,29,31,32,35). The van der Waals surface area contributed by atoms with Crippen LogP contribution in [0.4, 0.5) is 5.69 Å². The third-order valence-corrected chi connectivity index (χ3v) is 6.52. The predicted molar refractivity (Wildman–Crippen MR) is 146 cm³/mol. The molecule has 0 aliphatic heterocycles. The molecule has 0 saturated carbocycles. The average molecular weight is 546 g/mol. The molecule has 0 aliphatic carbocycles. The van der Waals surface area contributed by atoms with Gasteiger partial charge < -0.3 is 14.5 Å². The summed E-state index contributed by atoms with van der Waals surface area (Å²) >= 11 is 8.96. The summed E-state index contributed by atoms with van der Waals surface area (Å²) in [4.78, 5) is 17.7. The second kappa shape index (κ2) is 9.48. The van der Waals surface area contributed by atoms with Gasteiger partial charge in [0.2, 0.25) is 5.89 Å². The van der Waals surface area contributed by atoms with Crippen molar-refractivity contribution in [2.24, 2.45) is 0 Å². The van der Waals surface area contributed by atoms with Crippen molar-refractivity contribution in [2.45, 2.75) is 6.92 Å². The van der Waals surface area contributed by atoms with Crippen molar-refractivity contribution in [3.05, 3.63) is 88.4 Å². The summed E-state index contributed by atoms with van der Waals surface area (Å²) in [5.41, 5.74) is 4.43. The van der Waals surface area contributed by atoms with E-state index in [0.717, 1.165) is 21.9 Å². The van der Waals surface area contributed by atoms with Gasteiger partial charge in [-0.15, -0.1) is 0 Å². The first-order valence-corrected chi connectivity index (χ1v) is 12.0. The van der Waals surface area contributed by atoms with Crippen LogP contribution in [0.5, 0.6) is 5.75 Å². The number of hydrogen-bond acceptors (Lipinski definition) is 5. The van der Waals surface area contributed by atoms with E-state index in [1.807, 2.05) is 73.7 Å². The Morgan fingerprint density at radius 2 is 1.89 bits per heavy atom. The summed E-state index contributed by atoms with van der Waals surface area (Å²) in [6, 6.07) is 23.0. The minimum Gasteiger partial charge on any atom is -0.495 e. The van der Waals surface area contributed by atoms with Gasteiger partial charge in [0.15, 0.2) is 10.7 Å². The van der Waals surface area contributed by atoms with Crippen LogP contribution in [0.1, 0.15) is 15.9 Å². The molecular formula is C27H20BrN3O3S. The fourth-order valence-corrected chi connectivity index (χ4v) is 4.84. The molecule has 1 amide bonds. The minimum absolute atomic E-state index is 0.156. The first kappa shape index (κ1) is 23.0. The first-order chi connectivity index (χ1) is 16.9. The number of oxazole rings is 1. The number of nitrogens with one attached hydrogen (secondary N) is 2. The van der Waals surface area contributed by atoms with Gasteiger partial charge in [0.05, 0.1) is 17.1 Å². The van der Waals surface area contributed by atoms with Gasteiger partial charge in [-0.2, -0.15) is 0 Å². The summed E-state index contributed by atoms with van der Waals surface area (Å²) in [5.74, 6) is 0.609. The van der Waals surface area contributed by atoms with Crippen LogP contribution in [0.25, 0.3) is 33.3 Å². The smallest absolute Gasteiger partial charge is 0.261 e. The van der Waals surface area contributed by atoms with Crippen LogP contribution in [-0.2, 0) is 0 Å². The second-order valence-corrected chi connectivity index (χ2v) is 9.17. The van der Waals surface area contributed by atoms with Crippen LogP contribution in [0.2, 0.25) is 0 Å². The van der Waals surface area contributed by atoms with Gasteiger partial charge in [0.1, 0.15) is 11.3 Å². The zero-order valence-corrected chi connectivity index (χ0v) is 21.3. The molecule has 174 valence electrons. The zero-order chi connectivity index (χ0) is 24.5. The maximum atomic E-state index is 13.1. The van der Waals surface area contributed by atoms with E-state index >= 15 is 0 Å². The number of rotatable bonds is 4. The van der Waals surface area contributed by atoms with E-state index in [1.165, 1.54) is 7.11 Å². The van der Waals surface area contributed by atoms with E-state index in [4.69, 9.17) is 21.4 Å². The number of carbonyl (C=O) groups is 1. The number of methoxy groups -OCH3 is 1. The van der Waals surface area contributed by atoms with E-state index in [-0.39, 0.29) is 11.0 Å². The van der Waals surface area contributed by atoms with Crippen LogP contribution < -0.4 is 15.4 Å². The lowest BCUT2D eigenvalue weighted by Crippen LogP contribution is -2.34. The lowest BCUT2D eigenvalue weighted by molar-refractivity contribution is 0.0975. The fraction of sp³-hybridized carbons (Fsp3) is 0.0741. The molecule has 5 aromatic rings. The topological polar surface area (TPSA) is 76.4 Å². The Balaban J connectivity index is 1.35. The third kappa shape index (κ3) is 4.62. The first-order valence-electron chi connectivity index (χ1n) is 10.8. The Kier molecular flexibility index (Phi) is 6.23. The highest BCUT2D eigenvalue weighted by molar-refractivity contribution is 9.10. The van der Waals surface area contributed by atoms with E-state index in [9.17, 15) is 4.79 Å². The molecule has 0 unspecified atom stereocenters. The summed E-state index contributed by atoms with van der Waals surface area (Å²) in [6.07, 6.45) is 0. The Bertz CT molecular complexity index is 1610. The van der Waals surface area contributed by atoms with Crippen molar-refractivity contribution in [3.63, 3.8) is 0 Å². The monoisotopic (exact) mass is 545 g/mol. The van der Waals surface area contributed by atoms with Gasteiger partial charge in [0, 0.05) is 11.3 Å². The molecule has 4 aromatic carbocycles. The van der Waals surface area contributed by atoms with Crippen LogP contribution in [0.15, 0.2) is 81.7 Å². The number of halogens is 1. The largest absolute Gasteiger partial charge is 0.495 e. The van der Waals surface area contributed by atoms with Gasteiger partial charge in [-0.1, -0.05) is 42.0 Å². The lowest BCUT2D eigenvalue weighted by Gasteiger charge is -2.14.